The molecule has 0 heterocycles. The molecular formula is C10H14FNO2. The zero-order valence-electron chi connectivity index (χ0n) is 8.04. The fourth-order valence-corrected chi connectivity index (χ4v) is 4.32. The highest BCUT2D eigenvalue weighted by molar-refractivity contribution is 5.09. The van der Waals surface area contributed by atoms with E-state index in [1.807, 2.05) is 0 Å². The molecule has 4 aliphatic carbocycles. The van der Waals surface area contributed by atoms with Gasteiger partial charge in [0.15, 0.2) is 0 Å². The minimum Gasteiger partial charge on any atom is -0.264 e. The Bertz CT molecular complexity index is 290. The number of rotatable bonds is 1. The molecule has 4 bridgehead atoms. The van der Waals surface area contributed by atoms with E-state index in [4.69, 9.17) is 0 Å². The lowest BCUT2D eigenvalue weighted by molar-refractivity contribution is -0.591. The fraction of sp³-hybridized carbons (Fsp3) is 1.00. The first-order valence-corrected chi connectivity index (χ1v) is 5.35. The first-order valence-electron chi connectivity index (χ1n) is 5.35. The van der Waals surface area contributed by atoms with Gasteiger partial charge >= 0.3 is 0 Å². The summed E-state index contributed by atoms with van der Waals surface area (Å²) in [7, 11) is 0. The van der Waals surface area contributed by atoms with E-state index in [1.54, 1.807) is 0 Å². The molecule has 2 atom stereocenters. The molecule has 0 spiro atoms. The van der Waals surface area contributed by atoms with E-state index in [9.17, 15) is 14.5 Å². The van der Waals surface area contributed by atoms with Crippen molar-refractivity contribution in [3.63, 3.8) is 0 Å². The predicted molar refractivity (Wildman–Crippen MR) is 48.2 cm³/mol. The third kappa shape index (κ3) is 0.969. The molecule has 4 rings (SSSR count). The Morgan fingerprint density at radius 2 is 1.79 bits per heavy atom. The van der Waals surface area contributed by atoms with Crippen LogP contribution in [0.4, 0.5) is 4.39 Å². The first-order chi connectivity index (χ1) is 6.51. The summed E-state index contributed by atoms with van der Waals surface area (Å²) in [6.45, 7) is 0. The van der Waals surface area contributed by atoms with E-state index in [1.165, 1.54) is 0 Å². The molecule has 4 aliphatic rings. The van der Waals surface area contributed by atoms with Crippen LogP contribution in [-0.4, -0.2) is 16.1 Å². The number of nitrogens with zero attached hydrogens (tertiary/aromatic N) is 1. The standard InChI is InChI=1S/C10H14FNO2/c11-9-2-7-1-8(3-9)5-10(4-7,6-9)12(13)14/h7-8H,1-6H2. The Hall–Kier alpha value is -0.670. The number of hydrogen-bond acceptors (Lipinski definition) is 2. The molecule has 0 aromatic carbocycles. The third-order valence-electron chi connectivity index (χ3n) is 4.35. The normalized spacial score (nSPS) is 54.9. The molecule has 0 saturated heterocycles. The molecule has 0 N–H and O–H groups in total. The molecule has 14 heavy (non-hydrogen) atoms. The van der Waals surface area contributed by atoms with Crippen molar-refractivity contribution in [2.45, 2.75) is 49.7 Å². The molecule has 4 saturated carbocycles. The molecular weight excluding hydrogens is 185 g/mol. The van der Waals surface area contributed by atoms with E-state index in [0.717, 1.165) is 6.42 Å². The van der Waals surface area contributed by atoms with Crippen molar-refractivity contribution in [2.24, 2.45) is 11.8 Å². The van der Waals surface area contributed by atoms with Crippen LogP contribution in [0.3, 0.4) is 0 Å². The highest BCUT2D eigenvalue weighted by atomic mass is 19.1. The van der Waals surface area contributed by atoms with Crippen LogP contribution in [-0.2, 0) is 0 Å². The van der Waals surface area contributed by atoms with Gasteiger partial charge < -0.3 is 0 Å². The van der Waals surface area contributed by atoms with E-state index < -0.39 is 11.2 Å². The molecule has 4 heteroatoms. The van der Waals surface area contributed by atoms with Crippen molar-refractivity contribution in [3.8, 4) is 0 Å². The highest BCUT2D eigenvalue weighted by Crippen LogP contribution is 2.59. The number of nitro groups is 1. The van der Waals surface area contributed by atoms with Crippen LogP contribution in [0.25, 0.3) is 0 Å². The average molecular weight is 199 g/mol. The Morgan fingerprint density at radius 1 is 1.21 bits per heavy atom. The van der Waals surface area contributed by atoms with Crippen LogP contribution in [0, 0.1) is 22.0 Å². The van der Waals surface area contributed by atoms with Gasteiger partial charge in [-0.2, -0.15) is 0 Å². The maximum atomic E-state index is 14.2. The van der Waals surface area contributed by atoms with Crippen LogP contribution < -0.4 is 0 Å². The number of halogens is 1. The maximum Gasteiger partial charge on any atom is 0.225 e. The second-order valence-electron chi connectivity index (χ2n) is 5.59. The Kier molecular flexibility index (Phi) is 1.41. The van der Waals surface area contributed by atoms with Crippen LogP contribution in [0.2, 0.25) is 0 Å². The van der Waals surface area contributed by atoms with Crippen molar-refractivity contribution in [2.75, 3.05) is 0 Å². The third-order valence-corrected chi connectivity index (χ3v) is 4.35. The zero-order chi connectivity index (χ0) is 9.97. The van der Waals surface area contributed by atoms with Crippen LogP contribution in [0.1, 0.15) is 38.5 Å². The zero-order valence-corrected chi connectivity index (χ0v) is 8.04. The quantitative estimate of drug-likeness (QED) is 0.480. The SMILES string of the molecule is O=[N+]([O-])C12CC3CC(CC(F)(C3)C1)C2. The molecule has 0 radical (unpaired) electrons. The van der Waals surface area contributed by atoms with E-state index >= 15 is 0 Å². The second-order valence-corrected chi connectivity index (χ2v) is 5.59. The summed E-state index contributed by atoms with van der Waals surface area (Å²) >= 11 is 0. The highest BCUT2D eigenvalue weighted by Gasteiger charge is 2.64. The summed E-state index contributed by atoms with van der Waals surface area (Å²) in [5, 5.41) is 11.0. The molecule has 2 unspecified atom stereocenters. The maximum absolute atomic E-state index is 14.2. The van der Waals surface area contributed by atoms with Gasteiger partial charge in [0.25, 0.3) is 0 Å². The molecule has 3 nitrogen and oxygen atoms in total. The Balaban J connectivity index is 2.00. The van der Waals surface area contributed by atoms with Gasteiger partial charge in [0, 0.05) is 17.8 Å². The fourth-order valence-electron chi connectivity index (χ4n) is 4.32. The van der Waals surface area contributed by atoms with Crippen molar-refractivity contribution in [1.82, 2.24) is 0 Å². The van der Waals surface area contributed by atoms with Crippen molar-refractivity contribution >= 4 is 0 Å². The van der Waals surface area contributed by atoms with E-state index in [-0.39, 0.29) is 23.2 Å². The largest absolute Gasteiger partial charge is 0.264 e. The lowest BCUT2D eigenvalue weighted by Gasteiger charge is -2.54. The van der Waals surface area contributed by atoms with E-state index in [2.05, 4.69) is 0 Å². The Labute approximate surface area is 81.8 Å². The molecule has 0 aliphatic heterocycles. The topological polar surface area (TPSA) is 43.1 Å². The van der Waals surface area contributed by atoms with E-state index in [0.29, 0.717) is 25.7 Å². The lowest BCUT2D eigenvalue weighted by Crippen LogP contribution is -2.60. The van der Waals surface area contributed by atoms with Gasteiger partial charge in [-0.15, -0.1) is 0 Å². The monoisotopic (exact) mass is 199 g/mol. The molecule has 0 aromatic heterocycles. The summed E-state index contributed by atoms with van der Waals surface area (Å²) in [6.07, 6.45) is 3.63. The summed E-state index contributed by atoms with van der Waals surface area (Å²) in [5.74, 6) is 0.568. The summed E-state index contributed by atoms with van der Waals surface area (Å²) in [4.78, 5) is 10.8. The number of hydrogen-bond donors (Lipinski definition) is 0. The lowest BCUT2D eigenvalue weighted by atomic mass is 9.52. The summed E-state index contributed by atoms with van der Waals surface area (Å²) in [6, 6.07) is 0. The van der Waals surface area contributed by atoms with Gasteiger partial charge in [-0.25, -0.2) is 4.39 Å². The second kappa shape index (κ2) is 2.28. The minimum absolute atomic E-state index is 0.181. The molecule has 0 aromatic rings. The number of alkyl halides is 1. The van der Waals surface area contributed by atoms with Gasteiger partial charge in [-0.1, -0.05) is 0 Å². The average Bonchev–Trinajstić information content (AvgIpc) is 1.98. The molecule has 4 fully saturated rings. The van der Waals surface area contributed by atoms with Gasteiger partial charge in [-0.05, 0) is 31.1 Å². The summed E-state index contributed by atoms with van der Waals surface area (Å²) in [5.41, 5.74) is -2.09. The molecule has 0 amide bonds. The smallest absolute Gasteiger partial charge is 0.225 e. The van der Waals surface area contributed by atoms with Gasteiger partial charge in [0.1, 0.15) is 5.67 Å². The van der Waals surface area contributed by atoms with Gasteiger partial charge in [0.2, 0.25) is 5.54 Å². The van der Waals surface area contributed by atoms with Gasteiger partial charge in [0.05, 0.1) is 6.42 Å². The van der Waals surface area contributed by atoms with Crippen LogP contribution >= 0.6 is 0 Å². The van der Waals surface area contributed by atoms with Crippen LogP contribution in [0.15, 0.2) is 0 Å². The summed E-state index contributed by atoms with van der Waals surface area (Å²) < 4.78 is 14.2. The van der Waals surface area contributed by atoms with Gasteiger partial charge in [-0.3, -0.25) is 10.1 Å². The van der Waals surface area contributed by atoms with Crippen molar-refractivity contribution in [1.29, 1.82) is 0 Å². The molecule has 78 valence electrons. The first kappa shape index (κ1) is 8.62. The van der Waals surface area contributed by atoms with Crippen LogP contribution in [0.5, 0.6) is 0 Å². The predicted octanol–water partition coefficient (Wildman–Crippen LogP) is 2.32. The van der Waals surface area contributed by atoms with Crippen molar-refractivity contribution < 1.29 is 9.31 Å². The van der Waals surface area contributed by atoms with Crippen molar-refractivity contribution in [3.05, 3.63) is 10.1 Å². The minimum atomic E-state index is -1.20. The Morgan fingerprint density at radius 3 is 2.21 bits per heavy atom.